The van der Waals surface area contributed by atoms with E-state index in [1.165, 1.54) is 32.2 Å². The maximum atomic E-state index is 9.79. The van der Waals surface area contributed by atoms with Gasteiger partial charge in [-0.2, -0.15) is 0 Å². The van der Waals surface area contributed by atoms with E-state index in [0.29, 0.717) is 0 Å². The van der Waals surface area contributed by atoms with E-state index in [4.69, 9.17) is 0 Å². The van der Waals surface area contributed by atoms with Crippen molar-refractivity contribution in [2.45, 2.75) is 57.6 Å². The zero-order valence-electron chi connectivity index (χ0n) is 9.28. The van der Waals surface area contributed by atoms with Gasteiger partial charge in [-0.25, -0.2) is 0 Å². The Kier molecular flexibility index (Phi) is 3.45. The normalized spacial score (nSPS) is 24.2. The van der Waals surface area contributed by atoms with Gasteiger partial charge in [-0.1, -0.05) is 13.3 Å². The molecule has 82 valence electrons. The number of hydrogen-bond acceptors (Lipinski definition) is 2. The molecule has 1 atom stereocenters. The van der Waals surface area contributed by atoms with Gasteiger partial charge in [-0.05, 0) is 38.0 Å². The minimum atomic E-state index is -0.0839. The van der Waals surface area contributed by atoms with Crippen molar-refractivity contribution in [3.05, 3.63) is 0 Å². The van der Waals surface area contributed by atoms with Gasteiger partial charge in [0.25, 0.3) is 0 Å². The molecule has 0 aromatic heterocycles. The van der Waals surface area contributed by atoms with Gasteiger partial charge >= 0.3 is 0 Å². The Hall–Kier alpha value is -0.0800. The molecule has 2 fully saturated rings. The highest BCUT2D eigenvalue weighted by Gasteiger charge is 2.34. The van der Waals surface area contributed by atoms with Crippen LogP contribution < -0.4 is 0 Å². The van der Waals surface area contributed by atoms with Gasteiger partial charge in [0.05, 0.1) is 6.10 Å². The third-order valence-corrected chi connectivity index (χ3v) is 3.32. The predicted octanol–water partition coefficient (Wildman–Crippen LogP) is 2.02. The highest BCUT2D eigenvalue weighted by Crippen LogP contribution is 2.34. The van der Waals surface area contributed by atoms with E-state index in [1.54, 1.807) is 0 Å². The molecule has 0 bridgehead atoms. The van der Waals surface area contributed by atoms with Crippen molar-refractivity contribution in [1.82, 2.24) is 4.90 Å². The Morgan fingerprint density at radius 3 is 2.50 bits per heavy atom. The zero-order chi connectivity index (χ0) is 9.97. The lowest BCUT2D eigenvalue weighted by Gasteiger charge is -2.24. The standard InChI is InChI=1S/C12H23NO/c1-2-3-12(14)9-13(11-6-7-11)8-10-4-5-10/h10-12,14H,2-9H2,1H3. The van der Waals surface area contributed by atoms with E-state index in [9.17, 15) is 5.11 Å². The largest absolute Gasteiger partial charge is 0.392 e. The molecule has 0 aromatic carbocycles. The van der Waals surface area contributed by atoms with E-state index < -0.39 is 0 Å². The van der Waals surface area contributed by atoms with Crippen molar-refractivity contribution >= 4 is 0 Å². The SMILES string of the molecule is CCCC(O)CN(CC1CC1)C1CC1. The van der Waals surface area contributed by atoms with Gasteiger partial charge in [-0.15, -0.1) is 0 Å². The Morgan fingerprint density at radius 1 is 1.29 bits per heavy atom. The van der Waals surface area contributed by atoms with Crippen LogP contribution in [0.4, 0.5) is 0 Å². The summed E-state index contributed by atoms with van der Waals surface area (Å²) in [5.74, 6) is 0.962. The molecule has 0 amide bonds. The Balaban J connectivity index is 1.71. The third kappa shape index (κ3) is 3.25. The van der Waals surface area contributed by atoms with E-state index >= 15 is 0 Å². The molecule has 2 heteroatoms. The predicted molar refractivity (Wildman–Crippen MR) is 58.2 cm³/mol. The lowest BCUT2D eigenvalue weighted by Crippen LogP contribution is -2.35. The van der Waals surface area contributed by atoms with Crippen LogP contribution in [0.1, 0.15) is 45.4 Å². The average molecular weight is 197 g/mol. The highest BCUT2D eigenvalue weighted by molar-refractivity contribution is 4.89. The van der Waals surface area contributed by atoms with Gasteiger partial charge in [0.1, 0.15) is 0 Å². The van der Waals surface area contributed by atoms with Crippen LogP contribution in [0.25, 0.3) is 0 Å². The molecule has 14 heavy (non-hydrogen) atoms. The van der Waals surface area contributed by atoms with E-state index in [2.05, 4.69) is 11.8 Å². The van der Waals surface area contributed by atoms with E-state index in [1.807, 2.05) is 0 Å². The molecule has 0 aliphatic heterocycles. The van der Waals surface area contributed by atoms with Gasteiger partial charge in [-0.3, -0.25) is 4.90 Å². The quantitative estimate of drug-likeness (QED) is 0.675. The molecule has 0 spiro atoms. The Labute approximate surface area is 87.3 Å². The first-order valence-corrected chi connectivity index (χ1v) is 6.21. The van der Waals surface area contributed by atoms with E-state index in [0.717, 1.165) is 31.3 Å². The zero-order valence-corrected chi connectivity index (χ0v) is 9.28. The van der Waals surface area contributed by atoms with Crippen LogP contribution in [0.5, 0.6) is 0 Å². The molecule has 2 rings (SSSR count). The highest BCUT2D eigenvalue weighted by atomic mass is 16.3. The van der Waals surface area contributed by atoms with Crippen molar-refractivity contribution in [3.8, 4) is 0 Å². The first-order valence-electron chi connectivity index (χ1n) is 6.21. The summed E-state index contributed by atoms with van der Waals surface area (Å²) in [6, 6.07) is 0.821. The van der Waals surface area contributed by atoms with Gasteiger partial charge in [0, 0.05) is 19.1 Å². The lowest BCUT2D eigenvalue weighted by molar-refractivity contribution is 0.0979. The smallest absolute Gasteiger partial charge is 0.0667 e. The summed E-state index contributed by atoms with van der Waals surface area (Å²) >= 11 is 0. The molecule has 0 aromatic rings. The fourth-order valence-corrected chi connectivity index (χ4v) is 2.14. The summed E-state index contributed by atoms with van der Waals surface area (Å²) in [5.41, 5.74) is 0. The monoisotopic (exact) mass is 197 g/mol. The molecular weight excluding hydrogens is 174 g/mol. The Morgan fingerprint density at radius 2 is 2.00 bits per heavy atom. The van der Waals surface area contributed by atoms with Crippen LogP contribution in [0.3, 0.4) is 0 Å². The van der Waals surface area contributed by atoms with Crippen LogP contribution in [-0.4, -0.2) is 35.2 Å². The molecule has 2 saturated carbocycles. The minimum absolute atomic E-state index is 0.0839. The number of hydrogen-bond donors (Lipinski definition) is 1. The number of aliphatic hydroxyl groups excluding tert-OH is 1. The molecule has 1 unspecified atom stereocenters. The summed E-state index contributed by atoms with van der Waals surface area (Å²) in [5, 5.41) is 9.79. The summed E-state index contributed by atoms with van der Waals surface area (Å²) in [7, 11) is 0. The van der Waals surface area contributed by atoms with Gasteiger partial charge < -0.3 is 5.11 Å². The molecule has 0 radical (unpaired) electrons. The second-order valence-electron chi connectivity index (χ2n) is 5.07. The number of nitrogens with zero attached hydrogens (tertiary/aromatic N) is 1. The molecule has 2 aliphatic rings. The average Bonchev–Trinajstić information content (AvgIpc) is 3.00. The number of aliphatic hydroxyl groups is 1. The Bertz CT molecular complexity index is 175. The second-order valence-corrected chi connectivity index (χ2v) is 5.07. The molecule has 1 N–H and O–H groups in total. The van der Waals surface area contributed by atoms with Crippen LogP contribution in [-0.2, 0) is 0 Å². The van der Waals surface area contributed by atoms with Gasteiger partial charge in [0.2, 0.25) is 0 Å². The summed E-state index contributed by atoms with van der Waals surface area (Å²) in [6.07, 6.45) is 7.56. The summed E-state index contributed by atoms with van der Waals surface area (Å²) in [4.78, 5) is 2.54. The first kappa shape index (κ1) is 10.4. The fourth-order valence-electron chi connectivity index (χ4n) is 2.14. The van der Waals surface area contributed by atoms with Crippen molar-refractivity contribution in [1.29, 1.82) is 0 Å². The molecule has 0 heterocycles. The molecule has 2 nitrogen and oxygen atoms in total. The van der Waals surface area contributed by atoms with Crippen molar-refractivity contribution < 1.29 is 5.11 Å². The topological polar surface area (TPSA) is 23.5 Å². The van der Waals surface area contributed by atoms with Crippen LogP contribution in [0.2, 0.25) is 0 Å². The summed E-state index contributed by atoms with van der Waals surface area (Å²) in [6.45, 7) is 4.33. The molecular formula is C12H23NO. The van der Waals surface area contributed by atoms with Gasteiger partial charge in [0.15, 0.2) is 0 Å². The third-order valence-electron chi connectivity index (χ3n) is 3.32. The van der Waals surface area contributed by atoms with Crippen molar-refractivity contribution in [2.75, 3.05) is 13.1 Å². The summed E-state index contributed by atoms with van der Waals surface area (Å²) < 4.78 is 0. The van der Waals surface area contributed by atoms with Crippen molar-refractivity contribution in [3.63, 3.8) is 0 Å². The maximum absolute atomic E-state index is 9.79. The van der Waals surface area contributed by atoms with Crippen LogP contribution in [0.15, 0.2) is 0 Å². The fraction of sp³-hybridized carbons (Fsp3) is 1.00. The molecule has 2 aliphatic carbocycles. The maximum Gasteiger partial charge on any atom is 0.0667 e. The minimum Gasteiger partial charge on any atom is -0.392 e. The van der Waals surface area contributed by atoms with Crippen LogP contribution >= 0.6 is 0 Å². The molecule has 0 saturated heterocycles. The second kappa shape index (κ2) is 4.63. The number of rotatable bonds is 7. The van der Waals surface area contributed by atoms with Crippen molar-refractivity contribution in [2.24, 2.45) is 5.92 Å². The first-order chi connectivity index (χ1) is 6.79. The lowest BCUT2D eigenvalue weighted by atomic mass is 10.2. The van der Waals surface area contributed by atoms with Crippen LogP contribution in [0, 0.1) is 5.92 Å². The van der Waals surface area contributed by atoms with E-state index in [-0.39, 0.29) is 6.10 Å².